The maximum Gasteiger partial charge on any atom is 0.401 e. The van der Waals surface area contributed by atoms with Crippen LogP contribution in [0.2, 0.25) is 0 Å². The molecule has 3 aromatic carbocycles. The molecule has 1 atom stereocenters. The summed E-state index contributed by atoms with van der Waals surface area (Å²) in [6, 6.07) is 16.0. The van der Waals surface area contributed by atoms with Crippen molar-refractivity contribution >= 4 is 47.1 Å². The molecule has 4 aliphatic heterocycles. The molecule has 8 rings (SSSR count). The average molecular weight is 926 g/mol. The van der Waals surface area contributed by atoms with E-state index in [4.69, 9.17) is 5.73 Å². The minimum atomic E-state index is -4.55. The van der Waals surface area contributed by atoms with Crippen molar-refractivity contribution in [2.24, 2.45) is 10.7 Å². The number of carbonyl (C=O) groups is 5. The van der Waals surface area contributed by atoms with Gasteiger partial charge in [0.2, 0.25) is 11.8 Å². The monoisotopic (exact) mass is 925 g/mol. The quantitative estimate of drug-likeness (QED) is 0.0658. The lowest BCUT2D eigenvalue weighted by Crippen LogP contribution is -2.54. The second-order valence-corrected chi connectivity index (χ2v) is 17.8. The van der Waals surface area contributed by atoms with Crippen molar-refractivity contribution in [2.45, 2.75) is 83.2 Å². The molecule has 0 radical (unpaired) electrons. The molecular formula is C47H51F4N11O5. The van der Waals surface area contributed by atoms with Crippen LogP contribution in [0.15, 0.2) is 71.4 Å². The Hall–Kier alpha value is -6.80. The van der Waals surface area contributed by atoms with E-state index >= 15 is 4.39 Å². The van der Waals surface area contributed by atoms with Crippen molar-refractivity contribution in [3.63, 3.8) is 0 Å². The minimum Gasteiger partial charge on any atom is -0.404 e. The summed E-state index contributed by atoms with van der Waals surface area (Å²) in [4.78, 5) is 79.4. The number of nitrogens with two attached hydrogens (primary N) is 1. The number of aromatic amines is 1. The third-order valence-electron chi connectivity index (χ3n) is 13.1. The molecule has 5 amide bonds. The van der Waals surface area contributed by atoms with Gasteiger partial charge in [-0.15, -0.1) is 0 Å². The van der Waals surface area contributed by atoms with Crippen LogP contribution in [-0.4, -0.2) is 123 Å². The lowest BCUT2D eigenvalue weighted by Gasteiger charge is -2.43. The molecule has 3 fully saturated rings. The van der Waals surface area contributed by atoms with Gasteiger partial charge in [0.1, 0.15) is 23.1 Å². The molecule has 3 saturated heterocycles. The van der Waals surface area contributed by atoms with Crippen molar-refractivity contribution in [3.8, 4) is 11.1 Å². The fourth-order valence-electron chi connectivity index (χ4n) is 8.90. The summed E-state index contributed by atoms with van der Waals surface area (Å²) in [6.07, 6.45) is -0.110. The first-order valence-electron chi connectivity index (χ1n) is 22.1. The number of rotatable bonds is 12. The number of carbonyl (C=O) groups excluding carboxylic acids is 5. The van der Waals surface area contributed by atoms with Gasteiger partial charge in [-0.1, -0.05) is 30.3 Å². The standard InChI is InChI=1S/C47H51F4N11O5/c1-27-20-30(8-9-36(27)53-24-31(23-52)41(64)54-25-39-55-45(58-57-39)46(2,3)47(49,50)51)29-6-4-28(5-7-29)26-59-14-12-32(13-15-59)60-16-18-61(19-17-60)38-22-34-33(21-35(38)48)43(66)62(44(34)67)37-10-11-40(63)56-42(37)65/h4-9,20-24,32,37H,10-19,25-26,52H2,1-3H3,(H,54,64)(H,55,57,58)(H,56,63,65)/b31-23+,53-24?. The van der Waals surface area contributed by atoms with Gasteiger partial charge >= 0.3 is 6.18 Å². The first-order valence-corrected chi connectivity index (χ1v) is 22.1. The van der Waals surface area contributed by atoms with Gasteiger partial charge in [-0.05, 0) is 99.6 Å². The van der Waals surface area contributed by atoms with Crippen LogP contribution in [0.25, 0.3) is 11.1 Å². The van der Waals surface area contributed by atoms with Crippen LogP contribution in [0.5, 0.6) is 0 Å². The number of amides is 5. The molecule has 1 unspecified atom stereocenters. The maximum absolute atomic E-state index is 15.5. The number of alkyl halides is 3. The molecular weight excluding hydrogens is 875 g/mol. The second-order valence-electron chi connectivity index (χ2n) is 17.8. The highest BCUT2D eigenvalue weighted by Gasteiger charge is 2.51. The number of piperazine rings is 1. The van der Waals surface area contributed by atoms with E-state index < -0.39 is 58.8 Å². The number of hydrogen-bond acceptors (Lipinski definition) is 12. The van der Waals surface area contributed by atoms with Gasteiger partial charge in [0, 0.05) is 57.6 Å². The zero-order valence-electron chi connectivity index (χ0n) is 37.3. The Morgan fingerprint density at radius 3 is 2.22 bits per heavy atom. The summed E-state index contributed by atoms with van der Waals surface area (Å²) >= 11 is 0. The number of nitrogens with zero attached hydrogens (tertiary/aromatic N) is 7. The predicted molar refractivity (Wildman–Crippen MR) is 240 cm³/mol. The number of aliphatic imine (C=N–C) groups is 1. The van der Waals surface area contributed by atoms with E-state index in [9.17, 15) is 37.1 Å². The minimum absolute atomic E-state index is 0.00529. The number of aryl methyl sites for hydroxylation is 1. The summed E-state index contributed by atoms with van der Waals surface area (Å²) in [5, 5.41) is 10.9. The zero-order valence-corrected chi connectivity index (χ0v) is 37.3. The largest absolute Gasteiger partial charge is 0.404 e. The Morgan fingerprint density at radius 1 is 0.910 bits per heavy atom. The van der Waals surface area contributed by atoms with Crippen LogP contribution in [0.1, 0.15) is 83.0 Å². The second kappa shape index (κ2) is 18.8. The van der Waals surface area contributed by atoms with Gasteiger partial charge in [-0.3, -0.25) is 54.1 Å². The Kier molecular flexibility index (Phi) is 13.1. The Labute approximate surface area is 383 Å². The molecule has 5 N–H and O–H groups in total. The summed E-state index contributed by atoms with van der Waals surface area (Å²) in [5.41, 5.74) is 8.44. The van der Waals surface area contributed by atoms with E-state index in [1.54, 1.807) is 0 Å². The molecule has 0 saturated carbocycles. The van der Waals surface area contributed by atoms with Gasteiger partial charge in [0.15, 0.2) is 5.82 Å². The van der Waals surface area contributed by atoms with E-state index in [0.29, 0.717) is 24.8 Å². The van der Waals surface area contributed by atoms with E-state index in [2.05, 4.69) is 64.9 Å². The van der Waals surface area contributed by atoms with E-state index in [0.717, 1.165) is 93.3 Å². The number of halogens is 4. The van der Waals surface area contributed by atoms with Crippen molar-refractivity contribution in [3.05, 3.63) is 106 Å². The van der Waals surface area contributed by atoms with Gasteiger partial charge in [-0.2, -0.15) is 18.3 Å². The number of anilines is 1. The molecule has 0 bridgehead atoms. The molecule has 4 aliphatic rings. The number of H-pyrrole nitrogens is 1. The predicted octanol–water partition coefficient (Wildman–Crippen LogP) is 4.81. The van der Waals surface area contributed by atoms with Gasteiger partial charge < -0.3 is 16.0 Å². The molecule has 20 heteroatoms. The zero-order chi connectivity index (χ0) is 47.8. The van der Waals surface area contributed by atoms with Crippen LogP contribution in [0.3, 0.4) is 0 Å². The highest BCUT2D eigenvalue weighted by Crippen LogP contribution is 2.39. The smallest absolute Gasteiger partial charge is 0.401 e. The van der Waals surface area contributed by atoms with Crippen LogP contribution in [0.4, 0.5) is 28.9 Å². The lowest BCUT2D eigenvalue weighted by molar-refractivity contribution is -0.182. The fraction of sp³-hybridized carbons (Fsp3) is 0.404. The van der Waals surface area contributed by atoms with Gasteiger partial charge in [0.05, 0.1) is 34.6 Å². The Bertz CT molecular complexity index is 2650. The van der Waals surface area contributed by atoms with E-state index in [-0.39, 0.29) is 47.6 Å². The third kappa shape index (κ3) is 9.72. The number of benzene rings is 3. The number of piperidine rings is 2. The summed E-state index contributed by atoms with van der Waals surface area (Å²) < 4.78 is 55.6. The number of fused-ring (bicyclic) bond motifs is 1. The first kappa shape index (κ1) is 46.7. The molecule has 1 aromatic heterocycles. The third-order valence-corrected chi connectivity index (χ3v) is 13.1. The number of likely N-dealkylation sites (tertiary alicyclic amines) is 1. The normalized spacial score (nSPS) is 19.4. The van der Waals surface area contributed by atoms with Crippen molar-refractivity contribution in [2.75, 3.05) is 44.2 Å². The Morgan fingerprint density at radius 2 is 1.58 bits per heavy atom. The van der Waals surface area contributed by atoms with Crippen molar-refractivity contribution in [1.29, 1.82) is 0 Å². The number of aromatic nitrogens is 3. The van der Waals surface area contributed by atoms with E-state index in [1.807, 2.05) is 30.0 Å². The van der Waals surface area contributed by atoms with Crippen molar-refractivity contribution in [1.82, 2.24) is 40.5 Å². The number of nitrogens with one attached hydrogen (secondary N) is 3. The summed E-state index contributed by atoms with van der Waals surface area (Å²) in [7, 11) is 0. The van der Waals surface area contributed by atoms with Gasteiger partial charge in [-0.25, -0.2) is 9.37 Å². The molecule has 0 spiro atoms. The van der Waals surface area contributed by atoms with Crippen LogP contribution in [-0.2, 0) is 32.9 Å². The maximum atomic E-state index is 15.5. The SMILES string of the molecule is Cc1cc(-c2ccc(CN3CCC(N4CCN(c5cc6c(cc5F)C(=O)N(C5CCC(=O)NC5=O)C6=O)CC4)CC3)cc2)ccc1N=C/C(=C\N)C(=O)NCc1nc(C(C)(C)C(F)(F)F)n[nH]1. The summed E-state index contributed by atoms with van der Waals surface area (Å²) in [5.74, 6) is -4.13. The molecule has 16 nitrogen and oxygen atoms in total. The number of hydrogen-bond donors (Lipinski definition) is 4. The van der Waals surface area contributed by atoms with Crippen LogP contribution >= 0.6 is 0 Å². The molecule has 4 aromatic rings. The first-order chi connectivity index (χ1) is 31.9. The summed E-state index contributed by atoms with van der Waals surface area (Å²) in [6.45, 7) is 8.89. The highest BCUT2D eigenvalue weighted by molar-refractivity contribution is 6.23. The topological polar surface area (TPSA) is 202 Å². The lowest BCUT2D eigenvalue weighted by atomic mass is 9.92. The van der Waals surface area contributed by atoms with Crippen LogP contribution in [0, 0.1) is 12.7 Å². The Balaban J connectivity index is 0.787. The molecule has 5 heterocycles. The van der Waals surface area contributed by atoms with Crippen LogP contribution < -0.4 is 21.3 Å². The molecule has 352 valence electrons. The molecule has 67 heavy (non-hydrogen) atoms. The average Bonchev–Trinajstić information content (AvgIpc) is 3.88. The fourth-order valence-corrected chi connectivity index (χ4v) is 8.90. The van der Waals surface area contributed by atoms with Gasteiger partial charge in [0.25, 0.3) is 17.7 Å². The van der Waals surface area contributed by atoms with E-state index in [1.165, 1.54) is 17.8 Å². The molecule has 0 aliphatic carbocycles. The van der Waals surface area contributed by atoms with Crippen molar-refractivity contribution < 1.29 is 41.5 Å². The number of imide groups is 2. The highest BCUT2D eigenvalue weighted by atomic mass is 19.4.